The van der Waals surface area contributed by atoms with Gasteiger partial charge in [-0.05, 0) is 25.8 Å². The van der Waals surface area contributed by atoms with E-state index in [1.54, 1.807) is 0 Å². The van der Waals surface area contributed by atoms with Crippen molar-refractivity contribution >= 4 is 11.3 Å². The van der Waals surface area contributed by atoms with Crippen molar-refractivity contribution in [3.8, 4) is 11.3 Å². The van der Waals surface area contributed by atoms with Crippen molar-refractivity contribution in [2.24, 2.45) is 0 Å². The number of nitrogens with one attached hydrogen (secondary N) is 1. The lowest BCUT2D eigenvalue weighted by Crippen LogP contribution is -2.17. The van der Waals surface area contributed by atoms with E-state index in [-0.39, 0.29) is 0 Å². The number of rotatable bonds is 7. The van der Waals surface area contributed by atoms with Crippen LogP contribution in [-0.4, -0.2) is 18.1 Å². The number of aromatic nitrogens is 1. The van der Waals surface area contributed by atoms with Crippen molar-refractivity contribution < 1.29 is 0 Å². The second-order valence-electron chi connectivity index (χ2n) is 4.60. The van der Waals surface area contributed by atoms with Gasteiger partial charge in [0.25, 0.3) is 0 Å². The maximum absolute atomic E-state index is 4.79. The summed E-state index contributed by atoms with van der Waals surface area (Å²) < 4.78 is 0. The number of nitrogens with zero attached hydrogens (tertiary/aromatic N) is 1. The van der Waals surface area contributed by atoms with E-state index in [0.29, 0.717) is 0 Å². The van der Waals surface area contributed by atoms with Gasteiger partial charge < -0.3 is 5.32 Å². The second kappa shape index (κ2) is 7.41. The summed E-state index contributed by atoms with van der Waals surface area (Å²) in [6.45, 7) is 6.51. The van der Waals surface area contributed by atoms with Gasteiger partial charge in [-0.25, -0.2) is 4.98 Å². The van der Waals surface area contributed by atoms with Crippen LogP contribution in [0.5, 0.6) is 0 Å². The molecule has 0 radical (unpaired) electrons. The standard InChI is InChI=1S/C16H22N2S/c1-3-11-17-12-10-14-16(18-15(4-2)19-14)13-8-6-5-7-9-13/h5-9,17H,3-4,10-12H2,1-2H3. The summed E-state index contributed by atoms with van der Waals surface area (Å²) in [4.78, 5) is 6.20. The Morgan fingerprint density at radius 1 is 1.11 bits per heavy atom. The summed E-state index contributed by atoms with van der Waals surface area (Å²) in [6, 6.07) is 10.5. The van der Waals surface area contributed by atoms with Gasteiger partial charge in [0.2, 0.25) is 0 Å². The van der Waals surface area contributed by atoms with Gasteiger partial charge >= 0.3 is 0 Å². The average Bonchev–Trinajstić information content (AvgIpc) is 2.88. The molecule has 0 aliphatic carbocycles. The maximum atomic E-state index is 4.79. The van der Waals surface area contributed by atoms with Crippen LogP contribution >= 0.6 is 11.3 Å². The largest absolute Gasteiger partial charge is 0.316 e. The highest BCUT2D eigenvalue weighted by atomic mass is 32.1. The van der Waals surface area contributed by atoms with Crippen molar-refractivity contribution in [1.82, 2.24) is 10.3 Å². The first-order valence-corrected chi connectivity index (χ1v) is 7.91. The van der Waals surface area contributed by atoms with E-state index in [1.807, 2.05) is 11.3 Å². The first-order chi connectivity index (χ1) is 9.35. The van der Waals surface area contributed by atoms with E-state index < -0.39 is 0 Å². The number of hydrogen-bond acceptors (Lipinski definition) is 3. The highest BCUT2D eigenvalue weighted by Crippen LogP contribution is 2.28. The Kier molecular flexibility index (Phi) is 5.55. The monoisotopic (exact) mass is 274 g/mol. The topological polar surface area (TPSA) is 24.9 Å². The first-order valence-electron chi connectivity index (χ1n) is 7.09. The van der Waals surface area contributed by atoms with Crippen LogP contribution in [0, 0.1) is 0 Å². The maximum Gasteiger partial charge on any atom is 0.0932 e. The predicted molar refractivity (Wildman–Crippen MR) is 83.8 cm³/mol. The lowest BCUT2D eigenvalue weighted by Gasteiger charge is -2.04. The first kappa shape index (κ1) is 14.2. The zero-order valence-electron chi connectivity index (χ0n) is 11.8. The Morgan fingerprint density at radius 2 is 1.89 bits per heavy atom. The molecule has 0 saturated heterocycles. The Bertz CT molecular complexity index is 491. The van der Waals surface area contributed by atoms with Gasteiger partial charge in [-0.2, -0.15) is 0 Å². The number of benzene rings is 1. The molecule has 0 bridgehead atoms. The highest BCUT2D eigenvalue weighted by molar-refractivity contribution is 7.12. The molecule has 0 unspecified atom stereocenters. The smallest absolute Gasteiger partial charge is 0.0932 e. The lowest BCUT2D eigenvalue weighted by atomic mass is 10.1. The summed E-state index contributed by atoms with van der Waals surface area (Å²) in [7, 11) is 0. The van der Waals surface area contributed by atoms with Gasteiger partial charge in [-0.1, -0.05) is 44.2 Å². The van der Waals surface area contributed by atoms with Crippen molar-refractivity contribution in [3.05, 3.63) is 40.2 Å². The van der Waals surface area contributed by atoms with E-state index in [4.69, 9.17) is 4.98 Å². The lowest BCUT2D eigenvalue weighted by molar-refractivity contribution is 0.674. The molecule has 2 rings (SSSR count). The van der Waals surface area contributed by atoms with Crippen LogP contribution in [0.4, 0.5) is 0 Å². The molecule has 0 fully saturated rings. The van der Waals surface area contributed by atoms with Crippen LogP contribution in [0.2, 0.25) is 0 Å². The van der Waals surface area contributed by atoms with E-state index in [0.717, 1.165) is 25.9 Å². The summed E-state index contributed by atoms with van der Waals surface area (Å²) in [5.41, 5.74) is 2.42. The third kappa shape index (κ3) is 3.88. The van der Waals surface area contributed by atoms with Crippen molar-refractivity contribution in [3.63, 3.8) is 0 Å². The van der Waals surface area contributed by atoms with Crippen molar-refractivity contribution in [1.29, 1.82) is 0 Å². The summed E-state index contributed by atoms with van der Waals surface area (Å²) in [5.74, 6) is 0. The fourth-order valence-electron chi connectivity index (χ4n) is 2.05. The molecule has 19 heavy (non-hydrogen) atoms. The third-order valence-corrected chi connectivity index (χ3v) is 4.31. The van der Waals surface area contributed by atoms with Crippen LogP contribution in [0.15, 0.2) is 30.3 Å². The van der Waals surface area contributed by atoms with Crippen LogP contribution in [0.1, 0.15) is 30.2 Å². The molecule has 0 spiro atoms. The predicted octanol–water partition coefficient (Wildman–Crippen LogP) is 3.91. The van der Waals surface area contributed by atoms with Crippen LogP contribution in [0.3, 0.4) is 0 Å². The average molecular weight is 274 g/mol. The van der Waals surface area contributed by atoms with Crippen LogP contribution in [-0.2, 0) is 12.8 Å². The fourth-order valence-corrected chi connectivity index (χ4v) is 3.08. The highest BCUT2D eigenvalue weighted by Gasteiger charge is 2.11. The Balaban J connectivity index is 2.15. The molecular formula is C16H22N2S. The minimum Gasteiger partial charge on any atom is -0.316 e. The van der Waals surface area contributed by atoms with Gasteiger partial charge in [0, 0.05) is 17.0 Å². The van der Waals surface area contributed by atoms with E-state index in [1.165, 1.54) is 27.6 Å². The molecule has 2 nitrogen and oxygen atoms in total. The Morgan fingerprint density at radius 3 is 2.58 bits per heavy atom. The molecule has 1 heterocycles. The molecule has 0 atom stereocenters. The Hall–Kier alpha value is -1.19. The van der Waals surface area contributed by atoms with E-state index >= 15 is 0 Å². The second-order valence-corrected chi connectivity index (χ2v) is 5.77. The third-order valence-electron chi connectivity index (χ3n) is 3.05. The summed E-state index contributed by atoms with van der Waals surface area (Å²) in [6.07, 6.45) is 3.28. The number of hydrogen-bond donors (Lipinski definition) is 1. The van der Waals surface area contributed by atoms with Gasteiger partial charge in [-0.15, -0.1) is 11.3 Å². The SMILES string of the molecule is CCCNCCc1sc(CC)nc1-c1ccccc1. The number of aryl methyl sites for hydroxylation is 1. The van der Waals surface area contributed by atoms with Gasteiger partial charge in [0.1, 0.15) is 0 Å². The molecule has 102 valence electrons. The van der Waals surface area contributed by atoms with Gasteiger partial charge in [0.05, 0.1) is 10.7 Å². The van der Waals surface area contributed by atoms with E-state index in [9.17, 15) is 0 Å². The van der Waals surface area contributed by atoms with Crippen LogP contribution < -0.4 is 5.32 Å². The fraction of sp³-hybridized carbons (Fsp3) is 0.438. The Labute approximate surface area is 119 Å². The summed E-state index contributed by atoms with van der Waals surface area (Å²) in [5, 5.41) is 4.71. The number of thiazole rings is 1. The molecule has 2 aromatic rings. The zero-order valence-corrected chi connectivity index (χ0v) is 12.6. The van der Waals surface area contributed by atoms with Crippen LogP contribution in [0.25, 0.3) is 11.3 Å². The molecule has 0 saturated carbocycles. The zero-order chi connectivity index (χ0) is 13.5. The van der Waals surface area contributed by atoms with Crippen molar-refractivity contribution in [2.45, 2.75) is 33.1 Å². The molecule has 1 aromatic carbocycles. The minimum atomic E-state index is 1.02. The molecule has 1 aromatic heterocycles. The molecule has 0 aliphatic rings. The molecule has 3 heteroatoms. The normalized spacial score (nSPS) is 10.8. The minimum absolute atomic E-state index is 1.02. The molecule has 0 aliphatic heterocycles. The van der Waals surface area contributed by atoms with Gasteiger partial charge in [0.15, 0.2) is 0 Å². The van der Waals surface area contributed by atoms with Crippen molar-refractivity contribution in [2.75, 3.05) is 13.1 Å². The van der Waals surface area contributed by atoms with Gasteiger partial charge in [-0.3, -0.25) is 0 Å². The molecule has 1 N–H and O–H groups in total. The molecular weight excluding hydrogens is 252 g/mol. The quantitative estimate of drug-likeness (QED) is 0.774. The summed E-state index contributed by atoms with van der Waals surface area (Å²) >= 11 is 1.86. The van der Waals surface area contributed by atoms with E-state index in [2.05, 4.69) is 49.5 Å². The molecule has 0 amide bonds.